The molecule has 3 aromatic rings. The van der Waals surface area contributed by atoms with Crippen LogP contribution in [0.25, 0.3) is 22.0 Å². The predicted molar refractivity (Wildman–Crippen MR) is 148 cm³/mol. The number of benzene rings is 2. The third kappa shape index (κ3) is 4.92. The fourth-order valence-corrected chi connectivity index (χ4v) is 6.73. The quantitative estimate of drug-likeness (QED) is 0.454. The van der Waals surface area contributed by atoms with Gasteiger partial charge in [0.15, 0.2) is 0 Å². The molecule has 1 unspecified atom stereocenters. The van der Waals surface area contributed by atoms with E-state index >= 15 is 4.39 Å². The number of aromatic nitrogens is 2. The second kappa shape index (κ2) is 11.0. The summed E-state index contributed by atoms with van der Waals surface area (Å²) >= 11 is 8.33. The molecule has 11 heteroatoms. The van der Waals surface area contributed by atoms with Gasteiger partial charge in [-0.1, -0.05) is 25.1 Å². The maximum absolute atomic E-state index is 15.0. The summed E-state index contributed by atoms with van der Waals surface area (Å²) in [5.74, 6) is -0.421. The van der Waals surface area contributed by atoms with Crippen molar-refractivity contribution in [3.63, 3.8) is 0 Å². The summed E-state index contributed by atoms with van der Waals surface area (Å²) in [6.07, 6.45) is 2.23. The molecule has 3 heterocycles. The molecule has 5 rings (SSSR count). The van der Waals surface area contributed by atoms with Crippen molar-refractivity contribution in [1.29, 1.82) is 0 Å². The van der Waals surface area contributed by atoms with Crippen molar-refractivity contribution in [3.8, 4) is 11.1 Å². The molecule has 0 radical (unpaired) electrons. The Morgan fingerprint density at radius 2 is 2.03 bits per heavy atom. The SMILES string of the molecule is C=CC(=O)N1CCN(c2nc(=O)n3c4c(c(-c5ccc(F)cc5F)c(Cl)cc24)SCC(NCCC)C3)CC1. The van der Waals surface area contributed by atoms with Crippen LogP contribution in [0.1, 0.15) is 13.3 Å². The number of rotatable bonds is 6. The number of halogens is 3. The van der Waals surface area contributed by atoms with Gasteiger partial charge in [0, 0.05) is 72.0 Å². The molecule has 2 aromatic carbocycles. The number of carbonyl (C=O) groups is 1. The first kappa shape index (κ1) is 26.6. The molecule has 1 fully saturated rings. The Kier molecular flexibility index (Phi) is 7.74. The van der Waals surface area contributed by atoms with E-state index in [4.69, 9.17) is 11.6 Å². The van der Waals surface area contributed by atoms with Crippen LogP contribution in [0.15, 0.2) is 46.6 Å². The van der Waals surface area contributed by atoms with E-state index in [-0.39, 0.29) is 17.5 Å². The van der Waals surface area contributed by atoms with Gasteiger partial charge in [-0.05, 0) is 37.2 Å². The van der Waals surface area contributed by atoms with Crippen molar-refractivity contribution in [2.24, 2.45) is 0 Å². The predicted octanol–water partition coefficient (Wildman–Crippen LogP) is 4.30. The van der Waals surface area contributed by atoms with Crippen LogP contribution >= 0.6 is 23.4 Å². The Hall–Kier alpha value is -2.95. The fraction of sp³-hybridized carbons (Fsp3) is 0.370. The largest absolute Gasteiger partial charge is 0.352 e. The summed E-state index contributed by atoms with van der Waals surface area (Å²) in [4.78, 5) is 34.4. The molecule has 0 saturated carbocycles. The van der Waals surface area contributed by atoms with E-state index in [0.29, 0.717) is 70.7 Å². The number of thioether (sulfide) groups is 1. The van der Waals surface area contributed by atoms with E-state index in [9.17, 15) is 14.0 Å². The first-order valence-electron chi connectivity index (χ1n) is 12.6. The minimum absolute atomic E-state index is 0.0148. The van der Waals surface area contributed by atoms with Crippen LogP contribution in [-0.4, -0.2) is 64.9 Å². The van der Waals surface area contributed by atoms with Crippen LogP contribution in [0.2, 0.25) is 5.02 Å². The van der Waals surface area contributed by atoms with Gasteiger partial charge in [-0.2, -0.15) is 4.98 Å². The molecule has 38 heavy (non-hydrogen) atoms. The van der Waals surface area contributed by atoms with E-state index in [2.05, 4.69) is 23.8 Å². The Balaban J connectivity index is 1.69. The van der Waals surface area contributed by atoms with E-state index in [1.165, 1.54) is 30.0 Å². The lowest BCUT2D eigenvalue weighted by molar-refractivity contribution is -0.126. The van der Waals surface area contributed by atoms with Crippen LogP contribution in [0.5, 0.6) is 0 Å². The first-order chi connectivity index (χ1) is 18.3. The van der Waals surface area contributed by atoms with Crippen molar-refractivity contribution >= 4 is 46.0 Å². The minimum Gasteiger partial charge on any atom is -0.352 e. The Morgan fingerprint density at radius 3 is 2.71 bits per heavy atom. The van der Waals surface area contributed by atoms with Gasteiger partial charge in [-0.15, -0.1) is 11.8 Å². The van der Waals surface area contributed by atoms with Gasteiger partial charge in [0.1, 0.15) is 17.5 Å². The number of amides is 1. The summed E-state index contributed by atoms with van der Waals surface area (Å²) in [6.45, 7) is 8.73. The molecule has 0 bridgehead atoms. The number of carbonyl (C=O) groups excluding carboxylic acids is 1. The maximum Gasteiger partial charge on any atom is 0.350 e. The molecule has 0 aliphatic carbocycles. The molecule has 200 valence electrons. The smallest absolute Gasteiger partial charge is 0.350 e. The molecule has 1 saturated heterocycles. The zero-order chi connectivity index (χ0) is 27.0. The van der Waals surface area contributed by atoms with Crippen LogP contribution in [-0.2, 0) is 11.3 Å². The van der Waals surface area contributed by atoms with Gasteiger partial charge in [-0.25, -0.2) is 13.6 Å². The first-order valence-corrected chi connectivity index (χ1v) is 13.9. The van der Waals surface area contributed by atoms with E-state index in [1.54, 1.807) is 15.5 Å². The van der Waals surface area contributed by atoms with Crippen LogP contribution < -0.4 is 15.9 Å². The Labute approximate surface area is 228 Å². The molecule has 1 aromatic heterocycles. The number of hydrogen-bond acceptors (Lipinski definition) is 6. The topological polar surface area (TPSA) is 70.5 Å². The number of piperazine rings is 1. The van der Waals surface area contributed by atoms with Crippen LogP contribution in [0, 0.1) is 11.6 Å². The van der Waals surface area contributed by atoms with Gasteiger partial charge >= 0.3 is 5.69 Å². The van der Waals surface area contributed by atoms with E-state index in [0.717, 1.165) is 19.0 Å². The molecular formula is C27H28ClF2N5O2S. The van der Waals surface area contributed by atoms with Crippen molar-refractivity contribution in [2.75, 3.05) is 43.4 Å². The van der Waals surface area contributed by atoms with Crippen molar-refractivity contribution in [3.05, 3.63) is 64.1 Å². The lowest BCUT2D eigenvalue weighted by atomic mass is 10.0. The number of hydrogen-bond donors (Lipinski definition) is 1. The summed E-state index contributed by atoms with van der Waals surface area (Å²) in [6, 6.07) is 5.13. The molecule has 2 aliphatic heterocycles. The van der Waals surface area contributed by atoms with Crippen molar-refractivity contribution in [2.45, 2.75) is 30.8 Å². The molecule has 1 amide bonds. The molecule has 0 spiro atoms. The van der Waals surface area contributed by atoms with Crippen molar-refractivity contribution < 1.29 is 13.6 Å². The van der Waals surface area contributed by atoms with Gasteiger partial charge in [0.05, 0.1) is 10.5 Å². The highest BCUT2D eigenvalue weighted by atomic mass is 35.5. The third-order valence-corrected chi connectivity index (χ3v) is 8.48. The maximum atomic E-state index is 15.0. The highest BCUT2D eigenvalue weighted by Crippen LogP contribution is 2.46. The highest BCUT2D eigenvalue weighted by Gasteiger charge is 2.30. The zero-order valence-corrected chi connectivity index (χ0v) is 22.5. The molecular weight excluding hydrogens is 532 g/mol. The van der Waals surface area contributed by atoms with Crippen molar-refractivity contribution in [1.82, 2.24) is 19.8 Å². The summed E-state index contributed by atoms with van der Waals surface area (Å²) < 4.78 is 30.4. The number of nitrogens with one attached hydrogen (secondary N) is 1. The Bertz CT molecular complexity index is 1470. The second-order valence-corrected chi connectivity index (χ2v) is 10.8. The highest BCUT2D eigenvalue weighted by molar-refractivity contribution is 7.99. The normalized spacial score (nSPS) is 17.5. The molecule has 7 nitrogen and oxygen atoms in total. The number of nitrogens with zero attached hydrogens (tertiary/aromatic N) is 4. The lowest BCUT2D eigenvalue weighted by Gasteiger charge is -2.35. The lowest BCUT2D eigenvalue weighted by Crippen LogP contribution is -2.49. The monoisotopic (exact) mass is 559 g/mol. The van der Waals surface area contributed by atoms with Crippen LogP contribution in [0.3, 0.4) is 0 Å². The van der Waals surface area contributed by atoms with E-state index in [1.807, 2.05) is 4.90 Å². The summed E-state index contributed by atoms with van der Waals surface area (Å²) in [7, 11) is 0. The standard InChI is InChI=1S/C27H28ClF2N5O2S/c1-3-7-31-17-14-35-24-19(26(32-27(35)37)34-10-8-33(9-11-34)22(36)4-2)13-20(28)23(25(24)38-15-17)18-6-5-16(29)12-21(18)30/h4-6,12-13,17,31H,2-3,7-11,14-15H2,1H3. The summed E-state index contributed by atoms with van der Waals surface area (Å²) in [5, 5.41) is 4.46. The zero-order valence-electron chi connectivity index (χ0n) is 21.0. The summed E-state index contributed by atoms with van der Waals surface area (Å²) in [5.41, 5.74) is 0.842. The number of anilines is 1. The average Bonchev–Trinajstić information content (AvgIpc) is 3.10. The minimum atomic E-state index is -0.723. The average molecular weight is 560 g/mol. The third-order valence-electron chi connectivity index (χ3n) is 6.93. The van der Waals surface area contributed by atoms with E-state index < -0.39 is 17.3 Å². The molecule has 1 N–H and O–H groups in total. The molecule has 2 aliphatic rings. The van der Waals surface area contributed by atoms with Gasteiger partial charge in [-0.3, -0.25) is 9.36 Å². The van der Waals surface area contributed by atoms with Gasteiger partial charge < -0.3 is 15.1 Å². The van der Waals surface area contributed by atoms with Crippen LogP contribution in [0.4, 0.5) is 14.6 Å². The molecule has 1 atom stereocenters. The second-order valence-electron chi connectivity index (χ2n) is 9.39. The Morgan fingerprint density at radius 1 is 1.26 bits per heavy atom. The van der Waals surface area contributed by atoms with Gasteiger partial charge in [0.2, 0.25) is 5.91 Å². The fourth-order valence-electron chi connectivity index (χ4n) is 5.05. The van der Waals surface area contributed by atoms with Gasteiger partial charge in [0.25, 0.3) is 0 Å².